The molecule has 0 aromatic heterocycles. The van der Waals surface area contributed by atoms with Gasteiger partial charge in [0.15, 0.2) is 5.78 Å². The normalized spacial score (nSPS) is 10.3. The minimum absolute atomic E-state index is 0.121. The van der Waals surface area contributed by atoms with Crippen molar-refractivity contribution in [3.63, 3.8) is 0 Å². The van der Waals surface area contributed by atoms with Crippen molar-refractivity contribution in [3.8, 4) is 0 Å². The Hall–Kier alpha value is -0.870. The summed E-state index contributed by atoms with van der Waals surface area (Å²) in [7, 11) is 0. The van der Waals surface area contributed by atoms with Gasteiger partial charge in [-0.25, -0.2) is 0 Å². The highest BCUT2D eigenvalue weighted by Gasteiger charge is 2.06. The second kappa shape index (κ2) is 5.88. The summed E-state index contributed by atoms with van der Waals surface area (Å²) in [5.41, 5.74) is 6.97. The molecular weight excluding hydrogens is 256 g/mol. The highest BCUT2D eigenvalue weighted by Crippen LogP contribution is 2.20. The molecule has 1 aromatic rings. The van der Waals surface area contributed by atoms with Gasteiger partial charge >= 0.3 is 0 Å². The molecular formula is C11H15BrN2O. The quantitative estimate of drug-likeness (QED) is 0.490. The number of hydrogen-bond acceptors (Lipinski definition) is 3. The largest absolute Gasteiger partial charge is 0.398 e. The van der Waals surface area contributed by atoms with Crippen molar-refractivity contribution < 1.29 is 4.79 Å². The number of benzene rings is 1. The van der Waals surface area contributed by atoms with Gasteiger partial charge in [-0.3, -0.25) is 4.79 Å². The summed E-state index contributed by atoms with van der Waals surface area (Å²) in [5.74, 6) is 0.121. The van der Waals surface area contributed by atoms with Gasteiger partial charge in [-0.05, 0) is 34.6 Å². The van der Waals surface area contributed by atoms with E-state index in [1.165, 1.54) is 0 Å². The van der Waals surface area contributed by atoms with Crippen LogP contribution in [-0.4, -0.2) is 18.9 Å². The maximum atomic E-state index is 11.7. The van der Waals surface area contributed by atoms with Gasteiger partial charge in [0.1, 0.15) is 0 Å². The van der Waals surface area contributed by atoms with Crippen LogP contribution < -0.4 is 11.1 Å². The Balaban J connectivity index is 2.62. The molecule has 4 heteroatoms. The number of Topliss-reactive ketones (excluding diaryl/α,β-unsaturated/α-hetero) is 1. The average molecular weight is 271 g/mol. The van der Waals surface area contributed by atoms with Gasteiger partial charge in [-0.1, -0.05) is 13.0 Å². The van der Waals surface area contributed by atoms with Gasteiger partial charge in [0, 0.05) is 28.7 Å². The summed E-state index contributed by atoms with van der Waals surface area (Å²) in [4.78, 5) is 11.7. The maximum Gasteiger partial charge on any atom is 0.164 e. The molecule has 0 heterocycles. The zero-order chi connectivity index (χ0) is 11.3. The van der Waals surface area contributed by atoms with Crippen LogP contribution >= 0.6 is 15.9 Å². The Morgan fingerprint density at radius 2 is 2.27 bits per heavy atom. The van der Waals surface area contributed by atoms with Crippen molar-refractivity contribution in [3.05, 3.63) is 28.2 Å². The third-order valence-corrected chi connectivity index (χ3v) is 2.82. The summed E-state index contributed by atoms with van der Waals surface area (Å²) in [6.45, 7) is 3.61. The van der Waals surface area contributed by atoms with Crippen LogP contribution in [0.3, 0.4) is 0 Å². The van der Waals surface area contributed by atoms with E-state index in [2.05, 4.69) is 21.2 Å². The first-order valence-corrected chi connectivity index (χ1v) is 5.73. The highest BCUT2D eigenvalue weighted by atomic mass is 79.9. The van der Waals surface area contributed by atoms with Gasteiger partial charge in [0.25, 0.3) is 0 Å². The third-order valence-electron chi connectivity index (χ3n) is 2.10. The zero-order valence-corrected chi connectivity index (χ0v) is 10.3. The molecule has 0 radical (unpaired) electrons. The summed E-state index contributed by atoms with van der Waals surface area (Å²) < 4.78 is 0.825. The van der Waals surface area contributed by atoms with Gasteiger partial charge in [0.05, 0.1) is 0 Å². The summed E-state index contributed by atoms with van der Waals surface area (Å²) in [6.07, 6.45) is 0.509. The van der Waals surface area contributed by atoms with E-state index in [1.54, 1.807) is 18.2 Å². The Labute approximate surface area is 98.2 Å². The SMILES string of the molecule is CCNCCC(=O)c1ccc(Br)c(N)c1. The smallest absolute Gasteiger partial charge is 0.164 e. The molecule has 0 aliphatic heterocycles. The van der Waals surface area contributed by atoms with Crippen LogP contribution in [0.15, 0.2) is 22.7 Å². The lowest BCUT2D eigenvalue weighted by atomic mass is 10.1. The average Bonchev–Trinajstić information content (AvgIpc) is 2.22. The van der Waals surface area contributed by atoms with Crippen molar-refractivity contribution in [1.82, 2.24) is 5.32 Å². The van der Waals surface area contributed by atoms with Gasteiger partial charge in [0.2, 0.25) is 0 Å². The van der Waals surface area contributed by atoms with E-state index < -0.39 is 0 Å². The van der Waals surface area contributed by atoms with Crippen molar-refractivity contribution in [2.24, 2.45) is 0 Å². The van der Waals surface area contributed by atoms with Crippen LogP contribution in [0.25, 0.3) is 0 Å². The lowest BCUT2D eigenvalue weighted by molar-refractivity contribution is 0.0983. The first-order valence-electron chi connectivity index (χ1n) is 4.94. The molecule has 15 heavy (non-hydrogen) atoms. The first-order chi connectivity index (χ1) is 7.15. The third kappa shape index (κ3) is 3.64. The van der Waals surface area contributed by atoms with Crippen LogP contribution in [0.2, 0.25) is 0 Å². The number of carbonyl (C=O) groups is 1. The molecule has 1 rings (SSSR count). The first kappa shape index (κ1) is 12.2. The van der Waals surface area contributed by atoms with Crippen LogP contribution in [0.1, 0.15) is 23.7 Å². The summed E-state index contributed by atoms with van der Waals surface area (Å²) in [6, 6.07) is 5.29. The fourth-order valence-electron chi connectivity index (χ4n) is 1.24. The van der Waals surface area contributed by atoms with Gasteiger partial charge in [-0.15, -0.1) is 0 Å². The topological polar surface area (TPSA) is 55.1 Å². The van der Waals surface area contributed by atoms with Crippen LogP contribution in [-0.2, 0) is 0 Å². The minimum atomic E-state index is 0.121. The molecule has 0 fully saturated rings. The highest BCUT2D eigenvalue weighted by molar-refractivity contribution is 9.10. The second-order valence-electron chi connectivity index (χ2n) is 3.26. The number of rotatable bonds is 5. The zero-order valence-electron chi connectivity index (χ0n) is 8.72. The molecule has 0 atom stereocenters. The van der Waals surface area contributed by atoms with Crippen molar-refractivity contribution >= 4 is 27.4 Å². The number of nitrogens with two attached hydrogens (primary N) is 1. The molecule has 0 bridgehead atoms. The fraction of sp³-hybridized carbons (Fsp3) is 0.364. The van der Waals surface area contributed by atoms with Crippen LogP contribution in [0.5, 0.6) is 0 Å². The van der Waals surface area contributed by atoms with E-state index in [0.717, 1.165) is 11.0 Å². The molecule has 0 spiro atoms. The Bertz CT molecular complexity index is 352. The van der Waals surface area contributed by atoms with Crippen LogP contribution in [0, 0.1) is 0 Å². The fourth-order valence-corrected chi connectivity index (χ4v) is 1.49. The number of nitrogen functional groups attached to an aromatic ring is 1. The molecule has 82 valence electrons. The maximum absolute atomic E-state index is 11.7. The molecule has 3 nitrogen and oxygen atoms in total. The number of hydrogen-bond donors (Lipinski definition) is 2. The van der Waals surface area contributed by atoms with Crippen molar-refractivity contribution in [1.29, 1.82) is 0 Å². The standard InChI is InChI=1S/C11H15BrN2O/c1-2-14-6-5-11(15)8-3-4-9(12)10(13)7-8/h3-4,7,14H,2,5-6,13H2,1H3. The van der Waals surface area contributed by atoms with E-state index in [4.69, 9.17) is 5.73 Å². The van der Waals surface area contributed by atoms with E-state index in [9.17, 15) is 4.79 Å². The molecule has 0 aliphatic rings. The minimum Gasteiger partial charge on any atom is -0.398 e. The Kier molecular flexibility index (Phi) is 4.78. The predicted molar refractivity (Wildman–Crippen MR) is 66.0 cm³/mol. The van der Waals surface area contributed by atoms with Gasteiger partial charge < -0.3 is 11.1 Å². The Morgan fingerprint density at radius 3 is 2.87 bits per heavy atom. The molecule has 1 aromatic carbocycles. The van der Waals surface area contributed by atoms with E-state index in [-0.39, 0.29) is 5.78 Å². The lowest BCUT2D eigenvalue weighted by Gasteiger charge is -2.04. The number of carbonyl (C=O) groups excluding carboxylic acids is 1. The Morgan fingerprint density at radius 1 is 1.53 bits per heavy atom. The molecule has 0 saturated heterocycles. The number of nitrogens with one attached hydrogen (secondary N) is 1. The number of anilines is 1. The van der Waals surface area contributed by atoms with Crippen molar-refractivity contribution in [2.75, 3.05) is 18.8 Å². The second-order valence-corrected chi connectivity index (χ2v) is 4.12. The summed E-state index contributed by atoms with van der Waals surface area (Å²) in [5, 5.41) is 3.11. The van der Waals surface area contributed by atoms with E-state index >= 15 is 0 Å². The molecule has 0 aliphatic carbocycles. The molecule has 3 N–H and O–H groups in total. The predicted octanol–water partition coefficient (Wildman–Crippen LogP) is 2.21. The molecule has 0 unspecified atom stereocenters. The molecule has 0 saturated carbocycles. The monoisotopic (exact) mass is 270 g/mol. The number of halogens is 1. The van der Waals surface area contributed by atoms with Crippen LogP contribution in [0.4, 0.5) is 5.69 Å². The number of ketones is 1. The lowest BCUT2D eigenvalue weighted by Crippen LogP contribution is -2.17. The van der Waals surface area contributed by atoms with Crippen molar-refractivity contribution in [2.45, 2.75) is 13.3 Å². The van der Waals surface area contributed by atoms with E-state index in [0.29, 0.717) is 24.2 Å². The van der Waals surface area contributed by atoms with Gasteiger partial charge in [-0.2, -0.15) is 0 Å². The summed E-state index contributed by atoms with van der Waals surface area (Å²) >= 11 is 3.29. The van der Waals surface area contributed by atoms with E-state index in [1.807, 2.05) is 6.92 Å². The molecule has 0 amide bonds.